The molecule has 37 heavy (non-hydrogen) atoms. The number of benzene rings is 1. The first-order chi connectivity index (χ1) is 18.1. The number of rotatable bonds is 5. The van der Waals surface area contributed by atoms with Gasteiger partial charge in [-0.3, -0.25) is 4.79 Å². The molecule has 3 saturated carbocycles. The Bertz CT molecular complexity index is 1630. The molecular weight excluding hydrogens is 469 g/mol. The van der Waals surface area contributed by atoms with Gasteiger partial charge < -0.3 is 14.7 Å². The molecule has 2 bridgehead atoms. The van der Waals surface area contributed by atoms with E-state index in [-0.39, 0.29) is 17.8 Å². The summed E-state index contributed by atoms with van der Waals surface area (Å²) in [6.07, 6.45) is 9.68. The molecule has 0 amide bonds. The van der Waals surface area contributed by atoms with Crippen LogP contribution in [0.5, 0.6) is 0 Å². The van der Waals surface area contributed by atoms with Crippen molar-refractivity contribution in [3.63, 3.8) is 0 Å². The van der Waals surface area contributed by atoms with Gasteiger partial charge in [-0.1, -0.05) is 18.2 Å². The molecule has 186 valence electrons. The molecule has 3 fully saturated rings. The molecule has 8 heteroatoms. The van der Waals surface area contributed by atoms with Crippen molar-refractivity contribution >= 4 is 28.0 Å². The summed E-state index contributed by atoms with van der Waals surface area (Å²) < 4.78 is 16.1. The van der Waals surface area contributed by atoms with E-state index in [4.69, 9.17) is 9.97 Å². The molecule has 3 aliphatic carbocycles. The minimum atomic E-state index is -0.690. The first-order valence-corrected chi connectivity index (χ1v) is 12.9. The number of carboxylic acids is 1. The number of fused-ring (bicyclic) bond motifs is 5. The zero-order valence-corrected chi connectivity index (χ0v) is 20.1. The van der Waals surface area contributed by atoms with Crippen molar-refractivity contribution in [2.24, 2.45) is 23.7 Å². The molecule has 4 heterocycles. The number of carboxylic acid groups (broad SMARTS) is 1. The summed E-state index contributed by atoms with van der Waals surface area (Å²) in [5.74, 6) is -0.315. The minimum Gasteiger partial charge on any atom is -0.481 e. The molecule has 1 aromatic carbocycles. The second-order valence-corrected chi connectivity index (χ2v) is 10.4. The number of H-pyrrole nitrogens is 1. The van der Waals surface area contributed by atoms with Crippen molar-refractivity contribution in [2.45, 2.75) is 32.1 Å². The van der Waals surface area contributed by atoms with Gasteiger partial charge in [0.2, 0.25) is 0 Å². The predicted molar refractivity (Wildman–Crippen MR) is 138 cm³/mol. The van der Waals surface area contributed by atoms with Crippen LogP contribution in [0.15, 0.2) is 61.1 Å². The maximum absolute atomic E-state index is 14.1. The van der Waals surface area contributed by atoms with Crippen molar-refractivity contribution in [3.05, 3.63) is 72.6 Å². The van der Waals surface area contributed by atoms with Gasteiger partial charge in [-0.2, -0.15) is 0 Å². The number of pyridine rings is 1. The first-order valence-electron chi connectivity index (χ1n) is 12.9. The molecule has 2 N–H and O–H groups in total. The van der Waals surface area contributed by atoms with E-state index in [1.54, 1.807) is 6.20 Å². The quantitative estimate of drug-likeness (QED) is 0.322. The molecule has 4 aromatic heterocycles. The van der Waals surface area contributed by atoms with Crippen LogP contribution in [-0.4, -0.2) is 35.6 Å². The summed E-state index contributed by atoms with van der Waals surface area (Å²) in [5.41, 5.74) is 3.80. The van der Waals surface area contributed by atoms with Crippen LogP contribution in [0.2, 0.25) is 0 Å². The molecule has 0 aliphatic heterocycles. The molecule has 8 rings (SSSR count). The Balaban J connectivity index is 1.41. The fourth-order valence-electron chi connectivity index (χ4n) is 6.79. The minimum absolute atomic E-state index is 0.0399. The van der Waals surface area contributed by atoms with Gasteiger partial charge in [-0.25, -0.2) is 19.3 Å². The second kappa shape index (κ2) is 8.50. The highest BCUT2D eigenvalue weighted by Gasteiger charge is 2.47. The average Bonchev–Trinajstić information content (AvgIpc) is 3.54. The van der Waals surface area contributed by atoms with Gasteiger partial charge in [-0.05, 0) is 74.1 Å². The summed E-state index contributed by atoms with van der Waals surface area (Å²) in [4.78, 5) is 29.6. The third-order valence-electron chi connectivity index (χ3n) is 8.50. The van der Waals surface area contributed by atoms with Gasteiger partial charge in [0.25, 0.3) is 0 Å². The predicted octanol–water partition coefficient (Wildman–Crippen LogP) is 5.78. The number of aliphatic carboxylic acids is 1. The van der Waals surface area contributed by atoms with E-state index in [0.717, 1.165) is 48.1 Å². The number of nitrogens with zero attached hydrogens (tertiary/aromatic N) is 4. The standard InChI is InChI=1S/C29H26FN5O2/c30-18-12-22-23(15-32-26(22)31-14-18)27-33-24(13-21-16-6-8-17(9-7-16)25(21)29(36)37)20-10-11-35(28(20)34-27)19-4-2-1-3-5-19/h1-5,10-12,14-17,21,25H,6-9,13H2,(H,31,32)(H,36,37). The third kappa shape index (κ3) is 3.62. The topological polar surface area (TPSA) is 96.7 Å². The zero-order chi connectivity index (χ0) is 25.1. The second-order valence-electron chi connectivity index (χ2n) is 10.4. The van der Waals surface area contributed by atoms with Gasteiger partial charge in [-0.15, -0.1) is 0 Å². The molecule has 0 saturated heterocycles. The van der Waals surface area contributed by atoms with Gasteiger partial charge in [0.15, 0.2) is 5.82 Å². The monoisotopic (exact) mass is 495 g/mol. The highest BCUT2D eigenvalue weighted by Crippen LogP contribution is 2.50. The fraction of sp³-hybridized carbons (Fsp3) is 0.310. The number of hydrogen-bond acceptors (Lipinski definition) is 4. The van der Waals surface area contributed by atoms with Crippen molar-refractivity contribution < 1.29 is 14.3 Å². The van der Waals surface area contributed by atoms with Crippen molar-refractivity contribution in [3.8, 4) is 17.1 Å². The van der Waals surface area contributed by atoms with E-state index in [9.17, 15) is 14.3 Å². The molecule has 2 atom stereocenters. The number of para-hydroxylation sites is 1. The van der Waals surface area contributed by atoms with E-state index in [0.29, 0.717) is 34.8 Å². The lowest BCUT2D eigenvalue weighted by Crippen LogP contribution is -2.45. The van der Waals surface area contributed by atoms with Gasteiger partial charge in [0.05, 0.1) is 17.8 Å². The lowest BCUT2D eigenvalue weighted by Gasteiger charge is -2.46. The average molecular weight is 496 g/mol. The first kappa shape index (κ1) is 22.2. The Labute approximate surface area is 212 Å². The van der Waals surface area contributed by atoms with Crippen molar-refractivity contribution in [2.75, 3.05) is 0 Å². The number of hydrogen-bond donors (Lipinski definition) is 2. The van der Waals surface area contributed by atoms with Crippen LogP contribution in [0.4, 0.5) is 4.39 Å². The van der Waals surface area contributed by atoms with E-state index in [1.807, 2.05) is 47.2 Å². The Morgan fingerprint density at radius 3 is 2.62 bits per heavy atom. The molecular formula is C29H26FN5O2. The van der Waals surface area contributed by atoms with Crippen LogP contribution in [0.1, 0.15) is 31.4 Å². The number of nitrogens with one attached hydrogen (secondary N) is 1. The van der Waals surface area contributed by atoms with Gasteiger partial charge in [0.1, 0.15) is 17.1 Å². The maximum Gasteiger partial charge on any atom is 0.307 e. The van der Waals surface area contributed by atoms with Crippen LogP contribution in [-0.2, 0) is 11.2 Å². The lowest BCUT2D eigenvalue weighted by molar-refractivity contribution is -0.152. The van der Waals surface area contributed by atoms with Crippen LogP contribution < -0.4 is 0 Å². The number of halogens is 1. The summed E-state index contributed by atoms with van der Waals surface area (Å²) in [5, 5.41) is 11.7. The van der Waals surface area contributed by atoms with E-state index in [2.05, 4.69) is 9.97 Å². The highest BCUT2D eigenvalue weighted by molar-refractivity contribution is 5.93. The van der Waals surface area contributed by atoms with Crippen molar-refractivity contribution in [1.82, 2.24) is 24.5 Å². The summed E-state index contributed by atoms with van der Waals surface area (Å²) in [7, 11) is 0. The van der Waals surface area contributed by atoms with Crippen LogP contribution in [0.25, 0.3) is 39.1 Å². The molecule has 0 radical (unpaired) electrons. The van der Waals surface area contributed by atoms with E-state index in [1.165, 1.54) is 12.3 Å². The number of aromatic amines is 1. The van der Waals surface area contributed by atoms with Crippen molar-refractivity contribution in [1.29, 1.82) is 0 Å². The molecule has 5 aromatic rings. The molecule has 7 nitrogen and oxygen atoms in total. The summed E-state index contributed by atoms with van der Waals surface area (Å²) >= 11 is 0. The SMILES string of the molecule is O=C(O)C1C2CCC(CC2)C1Cc1nc(-c2c[nH]c3ncc(F)cc23)nc2c1ccn2-c1ccccc1. The highest BCUT2D eigenvalue weighted by atomic mass is 19.1. The molecule has 2 unspecified atom stereocenters. The lowest BCUT2D eigenvalue weighted by atomic mass is 9.57. The van der Waals surface area contributed by atoms with E-state index < -0.39 is 11.8 Å². The Morgan fingerprint density at radius 1 is 1.05 bits per heavy atom. The Hall–Kier alpha value is -4.07. The van der Waals surface area contributed by atoms with Gasteiger partial charge >= 0.3 is 5.97 Å². The van der Waals surface area contributed by atoms with Crippen LogP contribution >= 0.6 is 0 Å². The number of aromatic nitrogens is 5. The normalized spacial score (nSPS) is 23.2. The third-order valence-corrected chi connectivity index (χ3v) is 8.50. The number of carbonyl (C=O) groups is 1. The summed E-state index contributed by atoms with van der Waals surface area (Å²) in [6.45, 7) is 0. The van der Waals surface area contributed by atoms with Crippen LogP contribution in [0.3, 0.4) is 0 Å². The maximum atomic E-state index is 14.1. The Morgan fingerprint density at radius 2 is 1.84 bits per heavy atom. The van der Waals surface area contributed by atoms with Crippen LogP contribution in [0, 0.1) is 29.5 Å². The smallest absolute Gasteiger partial charge is 0.307 e. The van der Waals surface area contributed by atoms with E-state index >= 15 is 0 Å². The molecule has 0 spiro atoms. The summed E-state index contributed by atoms with van der Waals surface area (Å²) in [6, 6.07) is 13.4. The largest absolute Gasteiger partial charge is 0.481 e. The zero-order valence-electron chi connectivity index (χ0n) is 20.1. The Kier molecular flexibility index (Phi) is 5.09. The van der Waals surface area contributed by atoms with Gasteiger partial charge in [0, 0.05) is 34.4 Å². The fourth-order valence-corrected chi connectivity index (χ4v) is 6.79. The molecule has 3 aliphatic rings.